The average molecular weight is 373 g/mol. The number of hydrogen-bond acceptors (Lipinski definition) is 6. The molecule has 0 aliphatic carbocycles. The standard InChI is InChI=1S/C14H21BrN4OS/c1-21-13-8-12(17-14-11(15)9-16-19(13)14)18-6-3-2-4-10(18)5-7-20/h8,10,16,20H,2-7,9H2,1H3/t10-/m0/s1. The van der Waals surface area contributed by atoms with E-state index in [-0.39, 0.29) is 6.61 Å². The van der Waals surface area contributed by atoms with Crippen LogP contribution in [0.1, 0.15) is 25.7 Å². The average Bonchev–Trinajstić information content (AvgIpc) is 2.89. The smallest absolute Gasteiger partial charge is 0.162 e. The minimum Gasteiger partial charge on any atom is -0.396 e. The first-order valence-electron chi connectivity index (χ1n) is 7.38. The van der Waals surface area contributed by atoms with Crippen molar-refractivity contribution >= 4 is 33.5 Å². The summed E-state index contributed by atoms with van der Waals surface area (Å²) in [5.41, 5.74) is 3.33. The van der Waals surface area contributed by atoms with Crippen LogP contribution in [0.25, 0.3) is 0 Å². The summed E-state index contributed by atoms with van der Waals surface area (Å²) in [7, 11) is 0. The largest absolute Gasteiger partial charge is 0.396 e. The highest BCUT2D eigenvalue weighted by Crippen LogP contribution is 2.34. The van der Waals surface area contributed by atoms with Gasteiger partial charge >= 0.3 is 0 Å². The summed E-state index contributed by atoms with van der Waals surface area (Å²) < 4.78 is 1.09. The highest BCUT2D eigenvalue weighted by molar-refractivity contribution is 9.11. The molecule has 0 aromatic carbocycles. The van der Waals surface area contributed by atoms with Crippen molar-refractivity contribution < 1.29 is 5.11 Å². The molecule has 3 aliphatic heterocycles. The number of fused-ring (bicyclic) bond motifs is 1. The number of rotatable bonds is 3. The highest BCUT2D eigenvalue weighted by atomic mass is 79.9. The molecule has 0 amide bonds. The number of likely N-dealkylation sites (tertiary alicyclic amines) is 1. The number of nitrogens with zero attached hydrogens (tertiary/aromatic N) is 3. The van der Waals surface area contributed by atoms with E-state index in [4.69, 9.17) is 4.99 Å². The molecule has 0 unspecified atom stereocenters. The van der Waals surface area contributed by atoms with Crippen LogP contribution in [0.4, 0.5) is 0 Å². The quantitative estimate of drug-likeness (QED) is 0.795. The van der Waals surface area contributed by atoms with Gasteiger partial charge in [0.1, 0.15) is 5.84 Å². The van der Waals surface area contributed by atoms with Crippen molar-refractivity contribution in [3.8, 4) is 0 Å². The molecule has 2 N–H and O–H groups in total. The third-order valence-corrected chi connectivity index (χ3v) is 5.49. The zero-order chi connectivity index (χ0) is 14.8. The molecule has 116 valence electrons. The summed E-state index contributed by atoms with van der Waals surface area (Å²) in [5.74, 6) is 1.99. The van der Waals surface area contributed by atoms with Gasteiger partial charge in [0.15, 0.2) is 5.82 Å². The molecule has 21 heavy (non-hydrogen) atoms. The van der Waals surface area contributed by atoms with E-state index in [0.29, 0.717) is 6.04 Å². The van der Waals surface area contributed by atoms with Crippen LogP contribution in [0.15, 0.2) is 26.4 Å². The SMILES string of the molecule is CSC1=CC(N2CCCC[C@H]2CCO)=NC2=C(Br)CNN12. The van der Waals surface area contributed by atoms with E-state index in [2.05, 4.69) is 38.6 Å². The van der Waals surface area contributed by atoms with Crippen LogP contribution in [0.3, 0.4) is 0 Å². The molecular formula is C14H21BrN4OS. The number of hydrogen-bond donors (Lipinski definition) is 2. The van der Waals surface area contributed by atoms with Crippen LogP contribution in [0.2, 0.25) is 0 Å². The molecule has 1 atom stereocenters. The number of aliphatic imine (C=N–C) groups is 1. The molecule has 0 aromatic heterocycles. The lowest BCUT2D eigenvalue weighted by molar-refractivity contribution is 0.184. The molecule has 3 rings (SSSR count). The number of nitrogens with one attached hydrogen (secondary N) is 1. The third kappa shape index (κ3) is 3.02. The van der Waals surface area contributed by atoms with E-state index in [1.54, 1.807) is 11.8 Å². The molecule has 0 radical (unpaired) electrons. The van der Waals surface area contributed by atoms with Crippen molar-refractivity contribution in [1.82, 2.24) is 15.3 Å². The molecule has 0 spiro atoms. The Hall–Kier alpha value is -0.500. The van der Waals surface area contributed by atoms with Gasteiger partial charge in [-0.15, -0.1) is 11.8 Å². The van der Waals surface area contributed by atoms with Gasteiger partial charge in [0, 0.05) is 25.3 Å². The summed E-state index contributed by atoms with van der Waals surface area (Å²) in [6, 6.07) is 0.405. The second-order valence-electron chi connectivity index (χ2n) is 5.41. The van der Waals surface area contributed by atoms with Crippen LogP contribution < -0.4 is 5.43 Å². The Balaban J connectivity index is 1.90. The van der Waals surface area contributed by atoms with Gasteiger partial charge in [-0.2, -0.15) is 0 Å². The second kappa shape index (κ2) is 6.73. The van der Waals surface area contributed by atoms with Gasteiger partial charge in [0.2, 0.25) is 0 Å². The fourth-order valence-corrected chi connectivity index (χ4v) is 4.03. The Morgan fingerprint density at radius 2 is 2.38 bits per heavy atom. The van der Waals surface area contributed by atoms with E-state index < -0.39 is 0 Å². The molecule has 5 nitrogen and oxygen atoms in total. The summed E-state index contributed by atoms with van der Waals surface area (Å²) in [6.45, 7) is 2.05. The number of thioether (sulfide) groups is 1. The van der Waals surface area contributed by atoms with Crippen LogP contribution in [-0.2, 0) is 0 Å². The van der Waals surface area contributed by atoms with E-state index in [9.17, 15) is 5.11 Å². The fraction of sp³-hybridized carbons (Fsp3) is 0.643. The lowest BCUT2D eigenvalue weighted by Crippen LogP contribution is -2.45. The summed E-state index contributed by atoms with van der Waals surface area (Å²) in [6.07, 6.45) is 8.65. The van der Waals surface area contributed by atoms with Crippen molar-refractivity contribution in [3.63, 3.8) is 0 Å². The van der Waals surface area contributed by atoms with E-state index in [1.807, 2.05) is 5.01 Å². The first-order valence-corrected chi connectivity index (χ1v) is 9.40. The summed E-state index contributed by atoms with van der Waals surface area (Å²) in [5, 5.41) is 12.5. The van der Waals surface area contributed by atoms with Crippen molar-refractivity contribution in [1.29, 1.82) is 0 Å². The minimum atomic E-state index is 0.244. The molecule has 0 bridgehead atoms. The number of aliphatic hydroxyl groups excluding tert-OH is 1. The predicted molar refractivity (Wildman–Crippen MR) is 90.9 cm³/mol. The van der Waals surface area contributed by atoms with Crippen molar-refractivity contribution in [2.45, 2.75) is 31.7 Å². The van der Waals surface area contributed by atoms with Gasteiger partial charge in [-0.3, -0.25) is 5.01 Å². The maximum Gasteiger partial charge on any atom is 0.162 e. The Kier molecular flexibility index (Phi) is 4.93. The number of aliphatic hydroxyl groups is 1. The van der Waals surface area contributed by atoms with E-state index >= 15 is 0 Å². The maximum atomic E-state index is 9.30. The third-order valence-electron chi connectivity index (χ3n) is 4.13. The van der Waals surface area contributed by atoms with Crippen molar-refractivity contribution in [2.24, 2.45) is 4.99 Å². The first-order chi connectivity index (χ1) is 10.2. The molecule has 3 aliphatic rings. The zero-order valence-electron chi connectivity index (χ0n) is 12.2. The zero-order valence-corrected chi connectivity index (χ0v) is 14.6. The molecule has 7 heteroatoms. The lowest BCUT2D eigenvalue weighted by Gasteiger charge is -2.39. The van der Waals surface area contributed by atoms with E-state index in [1.165, 1.54) is 12.8 Å². The van der Waals surface area contributed by atoms with Gasteiger partial charge < -0.3 is 10.0 Å². The molecule has 0 aromatic rings. The lowest BCUT2D eigenvalue weighted by atomic mass is 9.99. The fourth-order valence-electron chi connectivity index (χ4n) is 3.08. The molecule has 0 saturated carbocycles. The Bertz CT molecular complexity index is 503. The van der Waals surface area contributed by atoms with Crippen molar-refractivity contribution in [2.75, 3.05) is 26.0 Å². The molecular weight excluding hydrogens is 352 g/mol. The van der Waals surface area contributed by atoms with Crippen LogP contribution >= 0.6 is 27.7 Å². The number of piperidine rings is 1. The van der Waals surface area contributed by atoms with Crippen LogP contribution in [0, 0.1) is 0 Å². The Labute approximate surface area is 138 Å². The highest BCUT2D eigenvalue weighted by Gasteiger charge is 2.31. The van der Waals surface area contributed by atoms with Gasteiger partial charge in [0.05, 0.1) is 16.1 Å². The second-order valence-corrected chi connectivity index (χ2v) is 7.19. The molecule has 1 saturated heterocycles. The topological polar surface area (TPSA) is 51.1 Å². The summed E-state index contributed by atoms with van der Waals surface area (Å²) in [4.78, 5) is 7.22. The Morgan fingerprint density at radius 1 is 1.52 bits per heavy atom. The van der Waals surface area contributed by atoms with Gasteiger partial charge in [-0.05, 0) is 31.9 Å². The monoisotopic (exact) mass is 372 g/mol. The van der Waals surface area contributed by atoms with Gasteiger partial charge in [0.25, 0.3) is 0 Å². The Morgan fingerprint density at radius 3 is 3.14 bits per heavy atom. The number of hydrazine groups is 1. The van der Waals surface area contributed by atoms with Gasteiger partial charge in [-0.1, -0.05) is 15.9 Å². The van der Waals surface area contributed by atoms with Crippen LogP contribution in [0.5, 0.6) is 0 Å². The van der Waals surface area contributed by atoms with Crippen LogP contribution in [-0.4, -0.2) is 52.8 Å². The minimum absolute atomic E-state index is 0.244. The number of halogens is 1. The summed E-state index contributed by atoms with van der Waals surface area (Å²) >= 11 is 5.33. The molecule has 1 fully saturated rings. The number of amidine groups is 1. The maximum absolute atomic E-state index is 9.30. The predicted octanol–water partition coefficient (Wildman–Crippen LogP) is 2.22. The normalized spacial score (nSPS) is 26.0. The van der Waals surface area contributed by atoms with Crippen molar-refractivity contribution in [3.05, 3.63) is 21.4 Å². The van der Waals surface area contributed by atoms with E-state index in [0.717, 1.165) is 47.1 Å². The first kappa shape index (κ1) is 15.4. The molecule has 3 heterocycles. The van der Waals surface area contributed by atoms with Gasteiger partial charge in [-0.25, -0.2) is 10.4 Å².